The van der Waals surface area contributed by atoms with E-state index in [1.54, 1.807) is 0 Å². The maximum absolute atomic E-state index is 10.8. The van der Waals surface area contributed by atoms with Crippen LogP contribution in [0.2, 0.25) is 36.3 Å². The molecule has 1 fully saturated rings. The van der Waals surface area contributed by atoms with Crippen molar-refractivity contribution in [2.75, 3.05) is 6.61 Å². The van der Waals surface area contributed by atoms with Gasteiger partial charge in [-0.2, -0.15) is 0 Å². The van der Waals surface area contributed by atoms with Crippen molar-refractivity contribution in [2.24, 2.45) is 0 Å². The van der Waals surface area contributed by atoms with Gasteiger partial charge in [-0.05, 0) is 36.3 Å². The molecular weight excluding hydrogens is 368 g/mol. The van der Waals surface area contributed by atoms with Gasteiger partial charge in [0.2, 0.25) is 0 Å². The molecule has 1 rings (SSSR count). The van der Waals surface area contributed by atoms with Crippen LogP contribution in [0.1, 0.15) is 41.5 Å². The molecule has 0 unspecified atom stereocenters. The van der Waals surface area contributed by atoms with Crippen LogP contribution in [0.3, 0.4) is 0 Å². The zero-order valence-electron chi connectivity index (χ0n) is 18.2. The van der Waals surface area contributed by atoms with Gasteiger partial charge in [0.15, 0.2) is 22.9 Å². The van der Waals surface area contributed by atoms with E-state index >= 15 is 0 Å². The fraction of sp³-hybridized carbons (Fsp3) is 1.00. The summed E-state index contributed by atoms with van der Waals surface area (Å²) < 4.78 is 17.8. The Morgan fingerprint density at radius 2 is 1.27 bits per heavy atom. The van der Waals surface area contributed by atoms with E-state index in [1.165, 1.54) is 0 Å². The molecule has 0 aromatic carbocycles. The molecule has 1 saturated heterocycles. The van der Waals surface area contributed by atoms with Crippen molar-refractivity contribution in [2.45, 2.75) is 109 Å². The summed E-state index contributed by atoms with van der Waals surface area (Å²) in [5.41, 5.74) is 0. The summed E-state index contributed by atoms with van der Waals surface area (Å²) in [5.74, 6) is 0. The summed E-state index contributed by atoms with van der Waals surface area (Å²) in [6.45, 7) is 21.2. The Balaban J connectivity index is 2.92. The minimum Gasteiger partial charge on any atom is -0.414 e. The first-order valence-corrected chi connectivity index (χ1v) is 15.2. The van der Waals surface area contributed by atoms with E-state index in [0.29, 0.717) is 0 Å². The molecule has 0 aromatic heterocycles. The quantitative estimate of drug-likeness (QED) is 0.606. The SMILES string of the molecule is CC(C)(C)[Si](C)(C)OC[C@H]1O[C@H](O)[C@@H](O)[C@@H](O[Si](C)(C)C(C)(C)C)[C@@H]1O. The molecule has 0 aliphatic carbocycles. The van der Waals surface area contributed by atoms with Gasteiger partial charge in [-0.1, -0.05) is 41.5 Å². The number of rotatable bonds is 5. The second-order valence-corrected chi connectivity index (χ2v) is 20.0. The normalized spacial score (nSPS) is 32.0. The van der Waals surface area contributed by atoms with E-state index in [9.17, 15) is 15.3 Å². The maximum Gasteiger partial charge on any atom is 0.192 e. The minimum atomic E-state index is -2.24. The molecule has 8 heteroatoms. The van der Waals surface area contributed by atoms with E-state index in [-0.39, 0.29) is 16.7 Å². The zero-order chi connectivity index (χ0) is 20.7. The maximum atomic E-state index is 10.8. The first kappa shape index (κ1) is 24.2. The fourth-order valence-electron chi connectivity index (χ4n) is 2.22. The van der Waals surface area contributed by atoms with Crippen LogP contribution >= 0.6 is 0 Å². The van der Waals surface area contributed by atoms with E-state index in [2.05, 4.69) is 67.7 Å². The average molecular weight is 409 g/mol. The lowest BCUT2D eigenvalue weighted by atomic mass is 9.99. The van der Waals surface area contributed by atoms with Crippen molar-refractivity contribution in [1.29, 1.82) is 0 Å². The summed E-state index contributed by atoms with van der Waals surface area (Å²) in [6.07, 6.45) is -5.39. The van der Waals surface area contributed by atoms with Gasteiger partial charge >= 0.3 is 0 Å². The summed E-state index contributed by atoms with van der Waals surface area (Å²) in [4.78, 5) is 0. The van der Waals surface area contributed by atoms with Crippen LogP contribution in [-0.4, -0.2) is 69.3 Å². The Morgan fingerprint density at radius 1 is 0.808 bits per heavy atom. The molecule has 5 atom stereocenters. The molecule has 156 valence electrons. The number of hydrogen-bond acceptors (Lipinski definition) is 6. The van der Waals surface area contributed by atoms with E-state index in [0.717, 1.165) is 0 Å². The van der Waals surface area contributed by atoms with Crippen LogP contribution in [0.25, 0.3) is 0 Å². The van der Waals surface area contributed by atoms with Gasteiger partial charge in [0.1, 0.15) is 24.4 Å². The van der Waals surface area contributed by atoms with Gasteiger partial charge in [0, 0.05) is 0 Å². The van der Waals surface area contributed by atoms with Crippen LogP contribution in [0.15, 0.2) is 0 Å². The lowest BCUT2D eigenvalue weighted by Gasteiger charge is -2.47. The first-order valence-electron chi connectivity index (χ1n) is 9.42. The molecule has 6 nitrogen and oxygen atoms in total. The van der Waals surface area contributed by atoms with Gasteiger partial charge in [-0.25, -0.2) is 0 Å². The summed E-state index contributed by atoms with van der Waals surface area (Å²) >= 11 is 0. The Hall–Kier alpha value is 0.194. The molecule has 0 aromatic rings. The molecule has 0 spiro atoms. The van der Waals surface area contributed by atoms with Gasteiger partial charge in [-0.3, -0.25) is 0 Å². The largest absolute Gasteiger partial charge is 0.414 e. The van der Waals surface area contributed by atoms with Gasteiger partial charge < -0.3 is 28.9 Å². The van der Waals surface area contributed by atoms with Crippen LogP contribution in [0.4, 0.5) is 0 Å². The van der Waals surface area contributed by atoms with Crippen molar-refractivity contribution in [3.05, 3.63) is 0 Å². The third-order valence-corrected chi connectivity index (χ3v) is 15.3. The molecule has 0 radical (unpaired) electrons. The molecule has 1 heterocycles. The number of ether oxygens (including phenoxy) is 1. The van der Waals surface area contributed by atoms with Gasteiger partial charge in [0.05, 0.1) is 6.61 Å². The second kappa shape index (κ2) is 7.90. The standard InChI is InChI=1S/C18H40O6Si2/c1-17(2,3)25(7,8)22-11-12-13(19)15(14(20)16(21)23-12)24-26(9,10)18(4,5)6/h12-16,19-21H,11H2,1-10H3/t12-,13-,14+,15+,16+/m1/s1. The van der Waals surface area contributed by atoms with Crippen LogP contribution in [0.5, 0.6) is 0 Å². The van der Waals surface area contributed by atoms with Gasteiger partial charge in [-0.15, -0.1) is 0 Å². The monoisotopic (exact) mass is 408 g/mol. The number of hydrogen-bond donors (Lipinski definition) is 3. The Labute approximate surface area is 161 Å². The Kier molecular flexibility index (Phi) is 7.37. The van der Waals surface area contributed by atoms with Crippen molar-refractivity contribution in [3.63, 3.8) is 0 Å². The third kappa shape index (κ3) is 5.38. The summed E-state index contributed by atoms with van der Waals surface area (Å²) in [7, 11) is -4.27. The fourth-order valence-corrected chi connectivity index (χ4v) is 4.54. The highest BCUT2D eigenvalue weighted by atomic mass is 28.4. The Bertz CT molecular complexity index is 469. The third-order valence-electron chi connectivity index (χ3n) is 6.31. The number of aliphatic hydroxyl groups is 3. The molecule has 0 saturated carbocycles. The molecule has 1 aliphatic rings. The van der Waals surface area contributed by atoms with Crippen molar-refractivity contribution < 1.29 is 28.9 Å². The van der Waals surface area contributed by atoms with Crippen molar-refractivity contribution >= 4 is 16.6 Å². The first-order chi connectivity index (χ1) is 11.4. The highest BCUT2D eigenvalue weighted by Crippen LogP contribution is 2.40. The average Bonchev–Trinajstić information content (AvgIpc) is 2.43. The lowest BCUT2D eigenvalue weighted by molar-refractivity contribution is -0.282. The highest BCUT2D eigenvalue weighted by Gasteiger charge is 2.50. The summed E-state index contributed by atoms with van der Waals surface area (Å²) in [5, 5.41) is 31.2. The molecular formula is C18H40O6Si2. The topological polar surface area (TPSA) is 88.4 Å². The zero-order valence-corrected chi connectivity index (χ0v) is 20.2. The molecule has 26 heavy (non-hydrogen) atoms. The lowest BCUT2D eigenvalue weighted by Crippen LogP contribution is -2.63. The van der Waals surface area contributed by atoms with Crippen LogP contribution in [0, 0.1) is 0 Å². The predicted molar refractivity (Wildman–Crippen MR) is 108 cm³/mol. The second-order valence-electron chi connectivity index (χ2n) is 10.5. The molecule has 0 amide bonds. The van der Waals surface area contributed by atoms with Gasteiger partial charge in [0.25, 0.3) is 0 Å². The van der Waals surface area contributed by atoms with Crippen LogP contribution in [-0.2, 0) is 13.6 Å². The van der Waals surface area contributed by atoms with E-state index in [1.807, 2.05) is 0 Å². The minimum absolute atomic E-state index is 0.0296. The van der Waals surface area contributed by atoms with Crippen molar-refractivity contribution in [1.82, 2.24) is 0 Å². The Morgan fingerprint density at radius 3 is 1.69 bits per heavy atom. The highest BCUT2D eigenvalue weighted by molar-refractivity contribution is 6.74. The smallest absolute Gasteiger partial charge is 0.192 e. The van der Waals surface area contributed by atoms with Crippen LogP contribution < -0.4 is 0 Å². The summed E-state index contributed by atoms with van der Waals surface area (Å²) in [6, 6.07) is 0. The van der Waals surface area contributed by atoms with E-state index in [4.69, 9.17) is 13.6 Å². The molecule has 0 bridgehead atoms. The molecule has 3 N–H and O–H groups in total. The van der Waals surface area contributed by atoms with Crippen molar-refractivity contribution in [3.8, 4) is 0 Å². The number of aliphatic hydroxyl groups excluding tert-OH is 3. The molecule has 1 aliphatic heterocycles. The van der Waals surface area contributed by atoms with E-state index < -0.39 is 47.3 Å². The predicted octanol–water partition coefficient (Wildman–Crippen LogP) is 2.84.